The summed E-state index contributed by atoms with van der Waals surface area (Å²) in [5, 5.41) is 13.9. The van der Waals surface area contributed by atoms with Crippen LogP contribution in [0.4, 0.5) is 0 Å². The van der Waals surface area contributed by atoms with Crippen molar-refractivity contribution in [2.45, 2.75) is 52.2 Å². The monoisotopic (exact) mass is 275 g/mol. The van der Waals surface area contributed by atoms with E-state index in [0.717, 1.165) is 17.4 Å². The molecule has 1 aromatic rings. The molecule has 1 saturated carbocycles. The maximum Gasteiger partial charge on any atom is 0.0914 e. The lowest BCUT2D eigenvalue weighted by molar-refractivity contribution is 0.130. The van der Waals surface area contributed by atoms with Crippen LogP contribution in [0.2, 0.25) is 0 Å². The van der Waals surface area contributed by atoms with Crippen molar-refractivity contribution in [2.24, 2.45) is 17.8 Å². The highest BCUT2D eigenvalue weighted by molar-refractivity contribution is 5.17. The lowest BCUT2D eigenvalue weighted by atomic mass is 9.74. The van der Waals surface area contributed by atoms with E-state index in [2.05, 4.69) is 26.1 Å². The second kappa shape index (κ2) is 7.24. The predicted molar refractivity (Wildman–Crippen MR) is 84.5 cm³/mol. The van der Waals surface area contributed by atoms with Crippen LogP contribution in [-0.2, 0) is 0 Å². The molecule has 1 aliphatic rings. The second-order valence-corrected chi connectivity index (χ2v) is 6.77. The Labute approximate surface area is 123 Å². The molecule has 0 bridgehead atoms. The summed E-state index contributed by atoms with van der Waals surface area (Å²) in [6.45, 7) is 7.65. The van der Waals surface area contributed by atoms with Gasteiger partial charge in [0.2, 0.25) is 0 Å². The fourth-order valence-corrected chi connectivity index (χ4v) is 3.49. The Morgan fingerprint density at radius 2 is 1.90 bits per heavy atom. The van der Waals surface area contributed by atoms with E-state index in [0.29, 0.717) is 18.5 Å². The van der Waals surface area contributed by atoms with Crippen LogP contribution in [0.25, 0.3) is 0 Å². The third-order valence-corrected chi connectivity index (χ3v) is 4.78. The van der Waals surface area contributed by atoms with E-state index in [4.69, 9.17) is 0 Å². The summed E-state index contributed by atoms with van der Waals surface area (Å²) in [7, 11) is 0. The Bertz CT molecular complexity index is 390. The molecule has 0 spiro atoms. The van der Waals surface area contributed by atoms with Gasteiger partial charge in [-0.2, -0.15) is 0 Å². The van der Waals surface area contributed by atoms with Gasteiger partial charge < -0.3 is 10.4 Å². The molecule has 112 valence electrons. The first-order valence-electron chi connectivity index (χ1n) is 8.04. The van der Waals surface area contributed by atoms with Crippen LogP contribution in [-0.4, -0.2) is 17.7 Å². The zero-order valence-electron chi connectivity index (χ0n) is 13.0. The molecule has 0 heterocycles. The molecule has 0 aliphatic heterocycles. The normalized spacial score (nSPS) is 28.6. The Morgan fingerprint density at radius 1 is 1.20 bits per heavy atom. The van der Waals surface area contributed by atoms with Crippen molar-refractivity contribution in [2.75, 3.05) is 6.54 Å². The van der Waals surface area contributed by atoms with E-state index < -0.39 is 6.10 Å². The molecule has 2 nitrogen and oxygen atoms in total. The van der Waals surface area contributed by atoms with Gasteiger partial charge in [-0.05, 0) is 36.2 Å². The molecule has 0 saturated heterocycles. The number of aliphatic hydroxyl groups is 1. The quantitative estimate of drug-likeness (QED) is 0.857. The van der Waals surface area contributed by atoms with Crippen molar-refractivity contribution in [3.8, 4) is 0 Å². The Morgan fingerprint density at radius 3 is 2.55 bits per heavy atom. The van der Waals surface area contributed by atoms with Crippen molar-refractivity contribution >= 4 is 0 Å². The first-order chi connectivity index (χ1) is 9.58. The molecule has 4 unspecified atom stereocenters. The van der Waals surface area contributed by atoms with Crippen LogP contribution in [0.15, 0.2) is 30.3 Å². The van der Waals surface area contributed by atoms with Gasteiger partial charge in [0.05, 0.1) is 6.10 Å². The average Bonchev–Trinajstić information content (AvgIpc) is 2.45. The van der Waals surface area contributed by atoms with Gasteiger partial charge in [0.15, 0.2) is 0 Å². The van der Waals surface area contributed by atoms with Gasteiger partial charge in [-0.3, -0.25) is 0 Å². The highest BCUT2D eigenvalue weighted by Crippen LogP contribution is 2.33. The Hall–Kier alpha value is -0.860. The van der Waals surface area contributed by atoms with Gasteiger partial charge in [-0.25, -0.2) is 0 Å². The van der Waals surface area contributed by atoms with Gasteiger partial charge >= 0.3 is 0 Å². The van der Waals surface area contributed by atoms with Crippen LogP contribution < -0.4 is 5.32 Å². The molecule has 1 aliphatic carbocycles. The highest BCUT2D eigenvalue weighted by Gasteiger charge is 2.30. The van der Waals surface area contributed by atoms with Crippen LogP contribution in [0, 0.1) is 17.8 Å². The van der Waals surface area contributed by atoms with Gasteiger partial charge in [0, 0.05) is 12.6 Å². The molecular weight excluding hydrogens is 246 g/mol. The molecule has 2 heteroatoms. The first-order valence-corrected chi connectivity index (χ1v) is 8.04. The number of hydrogen-bond donors (Lipinski definition) is 2. The number of aliphatic hydroxyl groups excluding tert-OH is 1. The van der Waals surface area contributed by atoms with E-state index in [1.54, 1.807) is 0 Å². The molecular formula is C18H29NO. The second-order valence-electron chi connectivity index (χ2n) is 6.77. The van der Waals surface area contributed by atoms with E-state index in [1.807, 2.05) is 30.3 Å². The Balaban J connectivity index is 1.90. The summed E-state index contributed by atoms with van der Waals surface area (Å²) in [6.07, 6.45) is 3.51. The largest absolute Gasteiger partial charge is 0.387 e. The number of rotatable bonds is 5. The summed E-state index contributed by atoms with van der Waals surface area (Å²) >= 11 is 0. The van der Waals surface area contributed by atoms with Crippen molar-refractivity contribution < 1.29 is 5.11 Å². The van der Waals surface area contributed by atoms with Crippen LogP contribution in [0.1, 0.15) is 51.7 Å². The van der Waals surface area contributed by atoms with Gasteiger partial charge in [-0.1, -0.05) is 57.5 Å². The minimum absolute atomic E-state index is 0.402. The molecule has 2 N–H and O–H groups in total. The minimum atomic E-state index is -0.402. The number of nitrogens with one attached hydrogen (secondary N) is 1. The summed E-state index contributed by atoms with van der Waals surface area (Å²) in [4.78, 5) is 0. The minimum Gasteiger partial charge on any atom is -0.387 e. The lowest BCUT2D eigenvalue weighted by Crippen LogP contribution is -2.44. The first kappa shape index (κ1) is 15.5. The van der Waals surface area contributed by atoms with Crippen LogP contribution in [0.5, 0.6) is 0 Å². The topological polar surface area (TPSA) is 32.3 Å². The highest BCUT2D eigenvalue weighted by atomic mass is 16.3. The molecule has 1 aromatic carbocycles. The maximum atomic E-state index is 10.3. The van der Waals surface area contributed by atoms with Gasteiger partial charge in [0.25, 0.3) is 0 Å². The summed E-state index contributed by atoms with van der Waals surface area (Å²) in [5.41, 5.74) is 1.00. The molecule has 0 radical (unpaired) electrons. The molecule has 1 fully saturated rings. The van der Waals surface area contributed by atoms with Crippen LogP contribution >= 0.6 is 0 Å². The predicted octanol–water partition coefficient (Wildman–Crippen LogP) is 3.77. The fourth-order valence-electron chi connectivity index (χ4n) is 3.49. The van der Waals surface area contributed by atoms with E-state index in [9.17, 15) is 5.11 Å². The van der Waals surface area contributed by atoms with Gasteiger partial charge in [-0.15, -0.1) is 0 Å². The standard InChI is InChI=1S/C18H29NO/c1-13(2)16-10-9-14(3)11-17(16)19-12-18(20)15-7-5-4-6-8-15/h4-8,13-14,16-20H,9-12H2,1-3H3. The smallest absolute Gasteiger partial charge is 0.0914 e. The van der Waals surface area contributed by atoms with E-state index in [-0.39, 0.29) is 0 Å². The summed E-state index contributed by atoms with van der Waals surface area (Å²) in [5.74, 6) is 2.26. The zero-order chi connectivity index (χ0) is 14.5. The van der Waals surface area contributed by atoms with E-state index >= 15 is 0 Å². The van der Waals surface area contributed by atoms with Crippen molar-refractivity contribution in [3.05, 3.63) is 35.9 Å². The number of benzene rings is 1. The SMILES string of the molecule is CC1CCC(C(C)C)C(NCC(O)c2ccccc2)C1. The zero-order valence-corrected chi connectivity index (χ0v) is 13.0. The molecule has 4 atom stereocenters. The van der Waals surface area contributed by atoms with Crippen LogP contribution in [0.3, 0.4) is 0 Å². The average molecular weight is 275 g/mol. The Kier molecular flexibility index (Phi) is 5.62. The van der Waals surface area contributed by atoms with E-state index in [1.165, 1.54) is 19.3 Å². The lowest BCUT2D eigenvalue weighted by Gasteiger charge is -2.38. The molecule has 0 aromatic heterocycles. The molecule has 2 rings (SSSR count). The molecule has 20 heavy (non-hydrogen) atoms. The number of hydrogen-bond acceptors (Lipinski definition) is 2. The third-order valence-electron chi connectivity index (χ3n) is 4.78. The summed E-state index contributed by atoms with van der Waals surface area (Å²) in [6, 6.07) is 10.5. The molecule has 0 amide bonds. The fraction of sp³-hybridized carbons (Fsp3) is 0.667. The van der Waals surface area contributed by atoms with Crippen molar-refractivity contribution in [3.63, 3.8) is 0 Å². The van der Waals surface area contributed by atoms with Crippen molar-refractivity contribution in [1.82, 2.24) is 5.32 Å². The van der Waals surface area contributed by atoms with Gasteiger partial charge in [0.1, 0.15) is 0 Å². The summed E-state index contributed by atoms with van der Waals surface area (Å²) < 4.78 is 0. The third kappa shape index (κ3) is 4.07. The maximum absolute atomic E-state index is 10.3. The van der Waals surface area contributed by atoms with Crippen molar-refractivity contribution in [1.29, 1.82) is 0 Å².